The highest BCUT2D eigenvalue weighted by atomic mass is 35.5. The number of carbonyl (C=O) groups is 4. The van der Waals surface area contributed by atoms with E-state index < -0.39 is 17.9 Å². The number of halogens is 1. The molecule has 2 rings (SSSR count). The number of carbonyl (C=O) groups excluding carboxylic acids is 4. The van der Waals surface area contributed by atoms with Gasteiger partial charge in [0.05, 0.1) is 10.0 Å². The maximum Gasteiger partial charge on any atom is 0.264 e. The molecule has 2 heterocycles. The molecule has 0 radical (unpaired) electrons. The quantitative estimate of drug-likeness (QED) is 0.716. The standard InChI is InChI=1S/C12H12ClN3O4S/c1-5(17)14-7-4-8(13)21-10(7)12(20)15-6-2-3-9(18)16-11(6)19/h4,6H,2-3H2,1H3,(H,14,17)(H,15,20)(H,16,18,19). The first-order chi connectivity index (χ1) is 9.86. The molecule has 0 saturated carbocycles. The minimum atomic E-state index is -0.777. The Balaban J connectivity index is 2.11. The van der Waals surface area contributed by atoms with Gasteiger partial charge in [0.25, 0.3) is 5.91 Å². The summed E-state index contributed by atoms with van der Waals surface area (Å²) in [7, 11) is 0. The van der Waals surface area contributed by atoms with Crippen LogP contribution in [0, 0.1) is 0 Å². The molecule has 1 aliphatic rings. The molecule has 1 fully saturated rings. The lowest BCUT2D eigenvalue weighted by Crippen LogP contribution is -2.52. The van der Waals surface area contributed by atoms with Gasteiger partial charge >= 0.3 is 0 Å². The molecule has 1 unspecified atom stereocenters. The summed E-state index contributed by atoms with van der Waals surface area (Å²) in [6.07, 6.45) is 0.408. The van der Waals surface area contributed by atoms with Crippen LogP contribution in [0.15, 0.2) is 6.07 Å². The van der Waals surface area contributed by atoms with Crippen LogP contribution in [-0.2, 0) is 14.4 Å². The van der Waals surface area contributed by atoms with Crippen LogP contribution in [0.1, 0.15) is 29.4 Å². The van der Waals surface area contributed by atoms with E-state index in [0.29, 0.717) is 10.0 Å². The van der Waals surface area contributed by atoms with Crippen molar-refractivity contribution in [3.05, 3.63) is 15.3 Å². The van der Waals surface area contributed by atoms with Crippen LogP contribution in [-0.4, -0.2) is 29.7 Å². The van der Waals surface area contributed by atoms with E-state index in [1.165, 1.54) is 13.0 Å². The maximum absolute atomic E-state index is 12.2. The number of piperidine rings is 1. The van der Waals surface area contributed by atoms with Gasteiger partial charge in [-0.1, -0.05) is 11.6 Å². The normalized spacial score (nSPS) is 18.1. The number of rotatable bonds is 3. The van der Waals surface area contributed by atoms with E-state index in [1.807, 2.05) is 0 Å². The van der Waals surface area contributed by atoms with E-state index in [2.05, 4.69) is 16.0 Å². The molecule has 0 aliphatic carbocycles. The molecule has 1 saturated heterocycles. The van der Waals surface area contributed by atoms with E-state index in [9.17, 15) is 19.2 Å². The Hall–Kier alpha value is -1.93. The summed E-state index contributed by atoms with van der Waals surface area (Å²) in [4.78, 5) is 46.1. The van der Waals surface area contributed by atoms with Crippen molar-refractivity contribution in [1.29, 1.82) is 0 Å². The van der Waals surface area contributed by atoms with Crippen molar-refractivity contribution in [2.45, 2.75) is 25.8 Å². The van der Waals surface area contributed by atoms with Crippen LogP contribution in [0.3, 0.4) is 0 Å². The summed E-state index contributed by atoms with van der Waals surface area (Å²) in [6, 6.07) is 0.689. The van der Waals surface area contributed by atoms with Crippen molar-refractivity contribution >= 4 is 52.3 Å². The van der Waals surface area contributed by atoms with Crippen LogP contribution in [0.25, 0.3) is 0 Å². The van der Waals surface area contributed by atoms with Crippen molar-refractivity contribution in [3.63, 3.8) is 0 Å². The second-order valence-electron chi connectivity index (χ2n) is 4.45. The Morgan fingerprint density at radius 3 is 2.76 bits per heavy atom. The Labute approximate surface area is 129 Å². The zero-order valence-corrected chi connectivity index (χ0v) is 12.6. The number of anilines is 1. The third kappa shape index (κ3) is 3.79. The molecule has 4 amide bonds. The molecule has 1 aliphatic heterocycles. The lowest BCUT2D eigenvalue weighted by Gasteiger charge is -2.21. The van der Waals surface area contributed by atoms with Gasteiger partial charge in [-0.3, -0.25) is 24.5 Å². The van der Waals surface area contributed by atoms with Gasteiger partial charge in [0, 0.05) is 13.3 Å². The average Bonchev–Trinajstić information content (AvgIpc) is 2.73. The van der Waals surface area contributed by atoms with Crippen LogP contribution in [0.4, 0.5) is 5.69 Å². The van der Waals surface area contributed by atoms with E-state index >= 15 is 0 Å². The number of hydrogen-bond acceptors (Lipinski definition) is 5. The van der Waals surface area contributed by atoms with Gasteiger partial charge in [-0.25, -0.2) is 0 Å². The highest BCUT2D eigenvalue weighted by Crippen LogP contribution is 2.31. The Bertz CT molecular complexity index is 628. The van der Waals surface area contributed by atoms with Crippen molar-refractivity contribution in [3.8, 4) is 0 Å². The molecule has 1 aromatic rings. The van der Waals surface area contributed by atoms with Crippen LogP contribution in [0.2, 0.25) is 4.34 Å². The Morgan fingerprint density at radius 2 is 2.14 bits per heavy atom. The Morgan fingerprint density at radius 1 is 1.43 bits per heavy atom. The molecule has 0 spiro atoms. The minimum Gasteiger partial charge on any atom is -0.339 e. The summed E-state index contributed by atoms with van der Waals surface area (Å²) < 4.78 is 0.340. The van der Waals surface area contributed by atoms with Gasteiger partial charge in [-0.15, -0.1) is 11.3 Å². The van der Waals surface area contributed by atoms with Crippen LogP contribution < -0.4 is 16.0 Å². The fourth-order valence-electron chi connectivity index (χ4n) is 1.87. The summed E-state index contributed by atoms with van der Waals surface area (Å²) in [5.74, 6) is -1.75. The second-order valence-corrected chi connectivity index (χ2v) is 6.14. The second kappa shape index (κ2) is 6.23. The van der Waals surface area contributed by atoms with Crippen LogP contribution in [0.5, 0.6) is 0 Å². The third-order valence-electron chi connectivity index (χ3n) is 2.76. The van der Waals surface area contributed by atoms with Gasteiger partial charge in [0.1, 0.15) is 10.9 Å². The highest BCUT2D eigenvalue weighted by molar-refractivity contribution is 7.18. The number of hydrogen-bond donors (Lipinski definition) is 3. The number of imide groups is 1. The predicted molar refractivity (Wildman–Crippen MR) is 77.3 cm³/mol. The van der Waals surface area contributed by atoms with E-state index in [4.69, 9.17) is 11.6 Å². The topological polar surface area (TPSA) is 104 Å². The predicted octanol–water partition coefficient (Wildman–Crippen LogP) is 0.895. The lowest BCUT2D eigenvalue weighted by atomic mass is 10.1. The monoisotopic (exact) mass is 329 g/mol. The largest absolute Gasteiger partial charge is 0.339 e. The van der Waals surface area contributed by atoms with Gasteiger partial charge in [0.15, 0.2) is 0 Å². The number of nitrogens with one attached hydrogen (secondary N) is 3. The van der Waals surface area contributed by atoms with E-state index in [0.717, 1.165) is 11.3 Å². The van der Waals surface area contributed by atoms with E-state index in [1.54, 1.807) is 0 Å². The molecule has 9 heteroatoms. The number of amides is 4. The summed E-state index contributed by atoms with van der Waals surface area (Å²) in [6.45, 7) is 1.31. The fraction of sp³-hybridized carbons (Fsp3) is 0.333. The SMILES string of the molecule is CC(=O)Nc1cc(Cl)sc1C(=O)NC1CCC(=O)NC1=O. The van der Waals surface area contributed by atoms with Gasteiger partial charge < -0.3 is 10.6 Å². The fourth-order valence-corrected chi connectivity index (χ4v) is 2.95. The molecule has 3 N–H and O–H groups in total. The zero-order chi connectivity index (χ0) is 15.6. The van der Waals surface area contributed by atoms with Crippen molar-refractivity contribution in [2.24, 2.45) is 0 Å². The van der Waals surface area contributed by atoms with Crippen LogP contribution >= 0.6 is 22.9 Å². The van der Waals surface area contributed by atoms with Gasteiger partial charge in [-0.2, -0.15) is 0 Å². The van der Waals surface area contributed by atoms with Gasteiger partial charge in [-0.05, 0) is 12.5 Å². The molecule has 1 aromatic heterocycles. The van der Waals surface area contributed by atoms with Crippen molar-refractivity contribution in [2.75, 3.05) is 5.32 Å². The Kier molecular flexibility index (Phi) is 4.59. The number of thiophene rings is 1. The molecule has 21 heavy (non-hydrogen) atoms. The smallest absolute Gasteiger partial charge is 0.264 e. The summed E-state index contributed by atoms with van der Waals surface area (Å²) in [5, 5.41) is 7.19. The third-order valence-corrected chi connectivity index (χ3v) is 4.03. The molecule has 7 nitrogen and oxygen atoms in total. The lowest BCUT2D eigenvalue weighted by molar-refractivity contribution is -0.134. The van der Waals surface area contributed by atoms with Crippen molar-refractivity contribution < 1.29 is 19.2 Å². The molecular formula is C12H12ClN3O4S. The summed E-state index contributed by atoms with van der Waals surface area (Å²) >= 11 is 6.84. The van der Waals surface area contributed by atoms with E-state index in [-0.39, 0.29) is 29.5 Å². The molecule has 0 bridgehead atoms. The maximum atomic E-state index is 12.2. The molecule has 1 atom stereocenters. The zero-order valence-electron chi connectivity index (χ0n) is 11.0. The first-order valence-electron chi connectivity index (χ1n) is 6.08. The average molecular weight is 330 g/mol. The first-order valence-corrected chi connectivity index (χ1v) is 7.27. The minimum absolute atomic E-state index is 0.167. The molecule has 0 aromatic carbocycles. The summed E-state index contributed by atoms with van der Waals surface area (Å²) in [5.41, 5.74) is 0.294. The molecular weight excluding hydrogens is 318 g/mol. The van der Waals surface area contributed by atoms with Gasteiger partial charge in [0.2, 0.25) is 17.7 Å². The highest BCUT2D eigenvalue weighted by Gasteiger charge is 2.29. The van der Waals surface area contributed by atoms with Crippen molar-refractivity contribution in [1.82, 2.24) is 10.6 Å². The first kappa shape index (κ1) is 15.5. The molecule has 112 valence electrons.